The molecule has 1 unspecified atom stereocenters. The summed E-state index contributed by atoms with van der Waals surface area (Å²) in [4.78, 5) is 7.31. The average molecular weight is 285 g/mol. The van der Waals surface area contributed by atoms with Gasteiger partial charge in [-0.2, -0.15) is 0 Å². The van der Waals surface area contributed by atoms with Gasteiger partial charge in [-0.25, -0.2) is 4.98 Å². The molecule has 1 N–H and O–H groups in total. The highest BCUT2D eigenvalue weighted by Crippen LogP contribution is 2.23. The monoisotopic (exact) mass is 285 g/mol. The number of pyridine rings is 1. The van der Waals surface area contributed by atoms with Crippen LogP contribution in [0.2, 0.25) is 0 Å². The van der Waals surface area contributed by atoms with Crippen molar-refractivity contribution in [2.75, 3.05) is 18.4 Å². The second-order valence-electron chi connectivity index (χ2n) is 5.54. The van der Waals surface area contributed by atoms with Crippen molar-refractivity contribution in [2.24, 2.45) is 0 Å². The second kappa shape index (κ2) is 7.41. The zero-order valence-electron chi connectivity index (χ0n) is 13.7. The van der Waals surface area contributed by atoms with Gasteiger partial charge in [0.05, 0.1) is 5.52 Å². The SMILES string of the molecule is CCNc1nc2ccccc2cc1CN(CC)C(C)CC. The average Bonchev–Trinajstić information content (AvgIpc) is 2.52. The van der Waals surface area contributed by atoms with Crippen LogP contribution < -0.4 is 5.32 Å². The maximum atomic E-state index is 4.80. The zero-order valence-corrected chi connectivity index (χ0v) is 13.7. The molecule has 0 bridgehead atoms. The molecule has 2 rings (SSSR count). The lowest BCUT2D eigenvalue weighted by Gasteiger charge is -2.27. The normalized spacial score (nSPS) is 12.8. The van der Waals surface area contributed by atoms with Crippen molar-refractivity contribution in [3.05, 3.63) is 35.9 Å². The number of hydrogen-bond donors (Lipinski definition) is 1. The van der Waals surface area contributed by atoms with E-state index < -0.39 is 0 Å². The number of anilines is 1. The van der Waals surface area contributed by atoms with E-state index in [4.69, 9.17) is 4.98 Å². The van der Waals surface area contributed by atoms with Crippen LogP contribution in [0.3, 0.4) is 0 Å². The molecule has 0 amide bonds. The number of hydrogen-bond acceptors (Lipinski definition) is 3. The molecule has 0 saturated carbocycles. The third kappa shape index (κ3) is 3.73. The standard InChI is InChI=1S/C18H27N3/c1-5-14(4)21(7-3)13-16-12-15-10-8-9-11-17(15)20-18(16)19-6-2/h8-12,14H,5-7,13H2,1-4H3,(H,19,20). The number of nitrogens with zero attached hydrogens (tertiary/aromatic N) is 2. The van der Waals surface area contributed by atoms with E-state index in [-0.39, 0.29) is 0 Å². The van der Waals surface area contributed by atoms with Gasteiger partial charge in [0.1, 0.15) is 5.82 Å². The number of rotatable bonds is 7. The Kier molecular flexibility index (Phi) is 5.57. The van der Waals surface area contributed by atoms with Gasteiger partial charge in [-0.1, -0.05) is 32.0 Å². The fourth-order valence-corrected chi connectivity index (χ4v) is 2.66. The summed E-state index contributed by atoms with van der Waals surface area (Å²) >= 11 is 0. The van der Waals surface area contributed by atoms with E-state index >= 15 is 0 Å². The van der Waals surface area contributed by atoms with Gasteiger partial charge < -0.3 is 5.32 Å². The first-order valence-corrected chi connectivity index (χ1v) is 8.06. The Morgan fingerprint density at radius 3 is 2.62 bits per heavy atom. The molecular weight excluding hydrogens is 258 g/mol. The van der Waals surface area contributed by atoms with Crippen molar-refractivity contribution < 1.29 is 0 Å². The molecule has 1 heterocycles. The van der Waals surface area contributed by atoms with E-state index in [1.807, 2.05) is 6.07 Å². The van der Waals surface area contributed by atoms with Crippen LogP contribution in [0.4, 0.5) is 5.82 Å². The molecule has 0 fully saturated rings. The van der Waals surface area contributed by atoms with Crippen LogP contribution >= 0.6 is 0 Å². The van der Waals surface area contributed by atoms with Crippen molar-refractivity contribution in [1.82, 2.24) is 9.88 Å². The van der Waals surface area contributed by atoms with Crippen molar-refractivity contribution >= 4 is 16.7 Å². The van der Waals surface area contributed by atoms with E-state index in [0.29, 0.717) is 6.04 Å². The molecule has 1 atom stereocenters. The minimum Gasteiger partial charge on any atom is -0.370 e. The predicted octanol–water partition coefficient (Wildman–Crippen LogP) is 4.29. The van der Waals surface area contributed by atoms with E-state index in [0.717, 1.165) is 31.0 Å². The Bertz CT molecular complexity index is 580. The van der Waals surface area contributed by atoms with Gasteiger partial charge >= 0.3 is 0 Å². The third-order valence-electron chi connectivity index (χ3n) is 4.14. The number of fused-ring (bicyclic) bond motifs is 1. The number of aromatic nitrogens is 1. The van der Waals surface area contributed by atoms with Crippen LogP contribution in [0, 0.1) is 0 Å². The van der Waals surface area contributed by atoms with Crippen molar-refractivity contribution in [3.8, 4) is 0 Å². The number of nitrogens with one attached hydrogen (secondary N) is 1. The largest absolute Gasteiger partial charge is 0.370 e. The van der Waals surface area contributed by atoms with Crippen LogP contribution in [-0.4, -0.2) is 29.0 Å². The summed E-state index contributed by atoms with van der Waals surface area (Å²) in [5, 5.41) is 4.63. The third-order valence-corrected chi connectivity index (χ3v) is 4.14. The second-order valence-corrected chi connectivity index (χ2v) is 5.54. The van der Waals surface area contributed by atoms with E-state index in [1.165, 1.54) is 17.4 Å². The highest BCUT2D eigenvalue weighted by Gasteiger charge is 2.14. The first kappa shape index (κ1) is 15.8. The van der Waals surface area contributed by atoms with Crippen molar-refractivity contribution in [1.29, 1.82) is 0 Å². The predicted molar refractivity (Wildman–Crippen MR) is 91.7 cm³/mol. The number of benzene rings is 1. The molecule has 3 heteroatoms. The highest BCUT2D eigenvalue weighted by atomic mass is 15.1. The van der Waals surface area contributed by atoms with Crippen LogP contribution in [0.1, 0.15) is 39.7 Å². The molecule has 0 aliphatic carbocycles. The Labute approximate surface area is 128 Å². The maximum Gasteiger partial charge on any atom is 0.131 e. The smallest absolute Gasteiger partial charge is 0.131 e. The molecule has 0 radical (unpaired) electrons. The van der Waals surface area contributed by atoms with Crippen molar-refractivity contribution in [2.45, 2.75) is 46.7 Å². The quantitative estimate of drug-likeness (QED) is 0.822. The molecule has 0 aliphatic rings. The van der Waals surface area contributed by atoms with Crippen LogP contribution in [0.15, 0.2) is 30.3 Å². The Balaban J connectivity index is 2.37. The van der Waals surface area contributed by atoms with Crippen molar-refractivity contribution in [3.63, 3.8) is 0 Å². The zero-order chi connectivity index (χ0) is 15.2. The first-order chi connectivity index (χ1) is 10.2. The summed E-state index contributed by atoms with van der Waals surface area (Å²) in [5.74, 6) is 1.03. The lowest BCUT2D eigenvalue weighted by molar-refractivity contribution is 0.206. The first-order valence-electron chi connectivity index (χ1n) is 8.06. The topological polar surface area (TPSA) is 28.2 Å². The molecule has 1 aromatic carbocycles. The fourth-order valence-electron chi connectivity index (χ4n) is 2.66. The molecule has 2 aromatic rings. The molecule has 21 heavy (non-hydrogen) atoms. The summed E-state index contributed by atoms with van der Waals surface area (Å²) in [5.41, 5.74) is 2.35. The van der Waals surface area contributed by atoms with Gasteiger partial charge in [-0.05, 0) is 38.9 Å². The summed E-state index contributed by atoms with van der Waals surface area (Å²) < 4.78 is 0. The van der Waals surface area contributed by atoms with E-state index in [2.05, 4.69) is 62.2 Å². The summed E-state index contributed by atoms with van der Waals surface area (Å²) in [6.45, 7) is 11.8. The van der Waals surface area contributed by atoms with Gasteiger partial charge in [0.15, 0.2) is 0 Å². The summed E-state index contributed by atoms with van der Waals surface area (Å²) in [6.07, 6.45) is 1.17. The van der Waals surface area contributed by atoms with Crippen LogP contribution in [-0.2, 0) is 6.54 Å². The van der Waals surface area contributed by atoms with Crippen LogP contribution in [0.25, 0.3) is 10.9 Å². The summed E-state index contributed by atoms with van der Waals surface area (Å²) in [7, 11) is 0. The Hall–Kier alpha value is -1.61. The summed E-state index contributed by atoms with van der Waals surface area (Å²) in [6, 6.07) is 11.2. The van der Waals surface area contributed by atoms with E-state index in [1.54, 1.807) is 0 Å². The van der Waals surface area contributed by atoms with Gasteiger partial charge in [0.25, 0.3) is 0 Å². The van der Waals surface area contributed by atoms with Crippen LogP contribution in [0.5, 0.6) is 0 Å². The molecule has 0 saturated heterocycles. The molecular formula is C18H27N3. The fraction of sp³-hybridized carbons (Fsp3) is 0.500. The minimum atomic E-state index is 0.593. The van der Waals surface area contributed by atoms with Gasteiger partial charge in [-0.15, -0.1) is 0 Å². The lowest BCUT2D eigenvalue weighted by atomic mass is 10.1. The molecule has 1 aromatic heterocycles. The molecule has 114 valence electrons. The lowest BCUT2D eigenvalue weighted by Crippen LogP contribution is -2.32. The van der Waals surface area contributed by atoms with Gasteiger partial charge in [0.2, 0.25) is 0 Å². The van der Waals surface area contributed by atoms with Gasteiger partial charge in [0, 0.05) is 30.1 Å². The van der Waals surface area contributed by atoms with E-state index in [9.17, 15) is 0 Å². The Morgan fingerprint density at radius 1 is 1.19 bits per heavy atom. The number of para-hydroxylation sites is 1. The maximum absolute atomic E-state index is 4.80. The van der Waals surface area contributed by atoms with Gasteiger partial charge in [-0.3, -0.25) is 4.90 Å². The molecule has 0 spiro atoms. The Morgan fingerprint density at radius 2 is 1.95 bits per heavy atom. The minimum absolute atomic E-state index is 0.593. The molecule has 3 nitrogen and oxygen atoms in total. The highest BCUT2D eigenvalue weighted by molar-refractivity contribution is 5.81. The molecule has 0 aliphatic heterocycles.